The Morgan fingerprint density at radius 3 is 2.95 bits per heavy atom. The lowest BCUT2D eigenvalue weighted by molar-refractivity contribution is 0.0596. The van der Waals surface area contributed by atoms with Crippen molar-refractivity contribution in [3.8, 4) is 0 Å². The molecule has 5 nitrogen and oxygen atoms in total. The molecule has 1 fully saturated rings. The molecule has 0 spiro atoms. The van der Waals surface area contributed by atoms with E-state index in [0.717, 1.165) is 36.4 Å². The van der Waals surface area contributed by atoms with Crippen molar-refractivity contribution in [3.05, 3.63) is 35.4 Å². The Morgan fingerprint density at radius 1 is 1.53 bits per heavy atom. The number of aromatic nitrogens is 2. The Bertz CT molecular complexity index is 629. The summed E-state index contributed by atoms with van der Waals surface area (Å²) in [6.07, 6.45) is 2.91. The Kier molecular flexibility index (Phi) is 2.98. The molecule has 0 unspecified atom stereocenters. The number of rotatable bonds is 3. The molecule has 2 aromatic rings. The number of pyridine rings is 1. The van der Waals surface area contributed by atoms with Crippen LogP contribution in [-0.4, -0.2) is 35.6 Å². The Labute approximate surface area is 111 Å². The van der Waals surface area contributed by atoms with Gasteiger partial charge in [-0.15, -0.1) is 0 Å². The van der Waals surface area contributed by atoms with Crippen molar-refractivity contribution >= 4 is 11.5 Å². The molecule has 100 valence electrons. The molecule has 3 rings (SSSR count). The van der Waals surface area contributed by atoms with Crippen molar-refractivity contribution in [2.45, 2.75) is 13.3 Å². The maximum absolute atomic E-state index is 11.8. The van der Waals surface area contributed by atoms with Gasteiger partial charge in [0.15, 0.2) is 5.69 Å². The first-order chi connectivity index (χ1) is 9.19. The Morgan fingerprint density at radius 2 is 2.32 bits per heavy atom. The summed E-state index contributed by atoms with van der Waals surface area (Å²) in [6, 6.07) is 3.91. The normalized spacial score (nSPS) is 15.5. The van der Waals surface area contributed by atoms with E-state index in [1.165, 1.54) is 7.11 Å². The average molecular weight is 259 g/mol. The second-order valence-electron chi connectivity index (χ2n) is 5.06. The number of aryl methyl sites for hydroxylation is 1. The van der Waals surface area contributed by atoms with Gasteiger partial charge < -0.3 is 14.5 Å². The maximum atomic E-state index is 11.8. The number of ether oxygens (including phenoxy) is 1. The molecule has 1 N–H and O–H groups in total. The first kappa shape index (κ1) is 12.2. The standard InChI is InChI=1S/C14H17N3O2/c1-9-3-4-11-13(14(18)19-2)16-12(17(11)8-9)5-10-6-15-7-10/h3-4,8,10,15H,5-7H2,1-2H3. The van der Waals surface area contributed by atoms with Crippen LogP contribution in [-0.2, 0) is 11.2 Å². The fourth-order valence-corrected chi connectivity index (χ4v) is 2.40. The number of esters is 1. The second kappa shape index (κ2) is 4.66. The monoisotopic (exact) mass is 259 g/mol. The minimum atomic E-state index is -0.376. The number of carbonyl (C=O) groups is 1. The van der Waals surface area contributed by atoms with Gasteiger partial charge in [0, 0.05) is 12.6 Å². The van der Waals surface area contributed by atoms with Gasteiger partial charge in [0.2, 0.25) is 0 Å². The quantitative estimate of drug-likeness (QED) is 0.841. The molecule has 0 atom stereocenters. The summed E-state index contributed by atoms with van der Waals surface area (Å²) < 4.78 is 6.82. The van der Waals surface area contributed by atoms with Gasteiger partial charge in [0.05, 0.1) is 12.6 Å². The minimum absolute atomic E-state index is 0.376. The molecule has 1 aliphatic rings. The number of imidazole rings is 1. The van der Waals surface area contributed by atoms with Gasteiger partial charge in [0.25, 0.3) is 0 Å². The highest BCUT2D eigenvalue weighted by atomic mass is 16.5. The number of methoxy groups -OCH3 is 1. The summed E-state index contributed by atoms with van der Waals surface area (Å²) in [5.41, 5.74) is 2.37. The summed E-state index contributed by atoms with van der Waals surface area (Å²) in [5.74, 6) is 1.17. The number of hydrogen-bond acceptors (Lipinski definition) is 4. The van der Waals surface area contributed by atoms with E-state index >= 15 is 0 Å². The molecule has 1 saturated heterocycles. The second-order valence-corrected chi connectivity index (χ2v) is 5.06. The first-order valence-corrected chi connectivity index (χ1v) is 6.45. The molecule has 0 radical (unpaired) electrons. The Hall–Kier alpha value is -1.88. The zero-order valence-corrected chi connectivity index (χ0v) is 11.1. The topological polar surface area (TPSA) is 55.6 Å². The number of nitrogens with zero attached hydrogens (tertiary/aromatic N) is 2. The van der Waals surface area contributed by atoms with E-state index in [9.17, 15) is 4.79 Å². The molecule has 3 heterocycles. The van der Waals surface area contributed by atoms with Gasteiger partial charge >= 0.3 is 5.97 Å². The third-order valence-electron chi connectivity index (χ3n) is 3.57. The predicted octanol–water partition coefficient (Wildman–Crippen LogP) is 1.19. The van der Waals surface area contributed by atoms with Crippen LogP contribution in [0.25, 0.3) is 5.52 Å². The van der Waals surface area contributed by atoms with Crippen LogP contribution in [0.3, 0.4) is 0 Å². The van der Waals surface area contributed by atoms with E-state index < -0.39 is 0 Å². The van der Waals surface area contributed by atoms with Crippen molar-refractivity contribution in [1.82, 2.24) is 14.7 Å². The largest absolute Gasteiger partial charge is 0.464 e. The van der Waals surface area contributed by atoms with Gasteiger partial charge in [0.1, 0.15) is 5.82 Å². The van der Waals surface area contributed by atoms with E-state index in [1.54, 1.807) is 0 Å². The fraction of sp³-hybridized carbons (Fsp3) is 0.429. The molecule has 0 amide bonds. The van der Waals surface area contributed by atoms with Crippen LogP contribution in [0.15, 0.2) is 18.3 Å². The molecule has 0 bridgehead atoms. The molecule has 0 saturated carbocycles. The van der Waals surface area contributed by atoms with Crippen LogP contribution < -0.4 is 5.32 Å². The fourth-order valence-electron chi connectivity index (χ4n) is 2.40. The summed E-state index contributed by atoms with van der Waals surface area (Å²) in [6.45, 7) is 4.08. The lowest BCUT2D eigenvalue weighted by Crippen LogP contribution is -2.43. The third-order valence-corrected chi connectivity index (χ3v) is 3.57. The zero-order chi connectivity index (χ0) is 13.4. The van der Waals surface area contributed by atoms with Crippen molar-refractivity contribution in [2.24, 2.45) is 5.92 Å². The van der Waals surface area contributed by atoms with Gasteiger partial charge in [-0.1, -0.05) is 6.07 Å². The number of fused-ring (bicyclic) bond motifs is 1. The molecular weight excluding hydrogens is 242 g/mol. The molecule has 2 aromatic heterocycles. The number of hydrogen-bond donors (Lipinski definition) is 1. The van der Waals surface area contributed by atoms with Crippen molar-refractivity contribution in [1.29, 1.82) is 0 Å². The SMILES string of the molecule is COC(=O)c1nc(CC2CNC2)n2cc(C)ccc12. The highest BCUT2D eigenvalue weighted by Crippen LogP contribution is 2.19. The van der Waals surface area contributed by atoms with Crippen LogP contribution in [0, 0.1) is 12.8 Å². The van der Waals surface area contributed by atoms with E-state index in [-0.39, 0.29) is 5.97 Å². The average Bonchev–Trinajstić information content (AvgIpc) is 2.71. The molecular formula is C14H17N3O2. The lowest BCUT2D eigenvalue weighted by Gasteiger charge is -2.26. The molecule has 0 aromatic carbocycles. The van der Waals surface area contributed by atoms with E-state index in [0.29, 0.717) is 11.6 Å². The predicted molar refractivity (Wildman–Crippen MR) is 71.3 cm³/mol. The van der Waals surface area contributed by atoms with Gasteiger partial charge in [-0.25, -0.2) is 9.78 Å². The first-order valence-electron chi connectivity index (χ1n) is 6.45. The van der Waals surface area contributed by atoms with E-state index in [4.69, 9.17) is 4.74 Å². The zero-order valence-electron chi connectivity index (χ0n) is 11.1. The minimum Gasteiger partial charge on any atom is -0.464 e. The van der Waals surface area contributed by atoms with E-state index in [2.05, 4.69) is 10.3 Å². The molecule has 1 aliphatic heterocycles. The molecule has 19 heavy (non-hydrogen) atoms. The third kappa shape index (κ3) is 2.10. The van der Waals surface area contributed by atoms with Gasteiger partial charge in [-0.3, -0.25) is 0 Å². The maximum Gasteiger partial charge on any atom is 0.358 e. The van der Waals surface area contributed by atoms with Crippen LogP contribution >= 0.6 is 0 Å². The summed E-state index contributed by atoms with van der Waals surface area (Å²) >= 11 is 0. The highest BCUT2D eigenvalue weighted by Gasteiger charge is 2.23. The van der Waals surface area contributed by atoms with Crippen molar-refractivity contribution in [3.63, 3.8) is 0 Å². The van der Waals surface area contributed by atoms with E-state index in [1.807, 2.05) is 29.7 Å². The summed E-state index contributed by atoms with van der Waals surface area (Å²) in [4.78, 5) is 16.3. The number of nitrogens with one attached hydrogen (secondary N) is 1. The smallest absolute Gasteiger partial charge is 0.358 e. The van der Waals surface area contributed by atoms with Crippen molar-refractivity contribution < 1.29 is 9.53 Å². The number of carbonyl (C=O) groups excluding carboxylic acids is 1. The van der Waals surface area contributed by atoms with Crippen LogP contribution in [0.5, 0.6) is 0 Å². The molecule has 0 aliphatic carbocycles. The van der Waals surface area contributed by atoms with Crippen LogP contribution in [0.1, 0.15) is 21.9 Å². The summed E-state index contributed by atoms with van der Waals surface area (Å²) in [5, 5.41) is 3.25. The van der Waals surface area contributed by atoms with Crippen LogP contribution in [0.4, 0.5) is 0 Å². The van der Waals surface area contributed by atoms with Crippen molar-refractivity contribution in [2.75, 3.05) is 20.2 Å². The van der Waals surface area contributed by atoms with Crippen LogP contribution in [0.2, 0.25) is 0 Å². The summed E-state index contributed by atoms with van der Waals surface area (Å²) in [7, 11) is 1.39. The van der Waals surface area contributed by atoms with Gasteiger partial charge in [-0.05, 0) is 37.6 Å². The Balaban J connectivity index is 2.08. The van der Waals surface area contributed by atoms with Gasteiger partial charge in [-0.2, -0.15) is 0 Å². The lowest BCUT2D eigenvalue weighted by atomic mass is 9.99. The molecule has 5 heteroatoms. The highest BCUT2D eigenvalue weighted by molar-refractivity contribution is 5.95.